The SMILES string of the molecule is CCCCCCC[CH2][Sn]([CH2]CC)([CH2]CCCCCCC)[O]CCCCCCC. The molecule has 2 heteroatoms. The number of unbranched alkanes of at least 4 members (excludes halogenated alkanes) is 14. The molecule has 1 nitrogen and oxygen atoms in total. The van der Waals surface area contributed by atoms with Gasteiger partial charge in [-0.1, -0.05) is 0 Å². The van der Waals surface area contributed by atoms with Gasteiger partial charge in [0.25, 0.3) is 0 Å². The summed E-state index contributed by atoms with van der Waals surface area (Å²) in [6, 6.07) is 0. The van der Waals surface area contributed by atoms with E-state index >= 15 is 0 Å². The van der Waals surface area contributed by atoms with E-state index in [1.165, 1.54) is 129 Å². The first kappa shape index (κ1) is 28.8. The summed E-state index contributed by atoms with van der Waals surface area (Å²) in [6.45, 7) is 10.4. The molecule has 0 radical (unpaired) electrons. The van der Waals surface area contributed by atoms with Crippen LogP contribution in [0.4, 0.5) is 0 Å². The van der Waals surface area contributed by atoms with Gasteiger partial charge in [-0.25, -0.2) is 0 Å². The van der Waals surface area contributed by atoms with Crippen molar-refractivity contribution in [2.45, 2.75) is 157 Å². The fraction of sp³-hybridized carbons (Fsp3) is 1.00. The van der Waals surface area contributed by atoms with Crippen LogP contribution in [0.15, 0.2) is 0 Å². The zero-order valence-corrected chi connectivity index (χ0v) is 23.3. The van der Waals surface area contributed by atoms with Crippen molar-refractivity contribution < 1.29 is 3.07 Å². The molecule has 0 aliphatic carbocycles. The van der Waals surface area contributed by atoms with Crippen molar-refractivity contribution in [2.75, 3.05) is 6.61 Å². The Morgan fingerprint density at radius 1 is 0.393 bits per heavy atom. The van der Waals surface area contributed by atoms with Crippen LogP contribution < -0.4 is 0 Å². The number of hydrogen-bond acceptors (Lipinski definition) is 1. The summed E-state index contributed by atoms with van der Waals surface area (Å²) in [7, 11) is 0. The molecule has 0 heterocycles. The zero-order valence-electron chi connectivity index (χ0n) is 20.5. The molecule has 0 atom stereocenters. The van der Waals surface area contributed by atoms with Crippen molar-refractivity contribution in [3.63, 3.8) is 0 Å². The third-order valence-electron chi connectivity index (χ3n) is 6.33. The second-order valence-corrected chi connectivity index (χ2v) is 21.1. The molecular weight excluding hydrogens is 447 g/mol. The third kappa shape index (κ3) is 17.6. The van der Waals surface area contributed by atoms with Gasteiger partial charge in [-0.3, -0.25) is 0 Å². The van der Waals surface area contributed by atoms with Crippen LogP contribution in [-0.4, -0.2) is 25.4 Å². The molecule has 0 rings (SSSR count). The molecule has 0 amide bonds. The Labute approximate surface area is 184 Å². The van der Waals surface area contributed by atoms with Gasteiger partial charge in [0.15, 0.2) is 0 Å². The predicted molar refractivity (Wildman–Crippen MR) is 132 cm³/mol. The third-order valence-corrected chi connectivity index (χ3v) is 19.9. The van der Waals surface area contributed by atoms with Gasteiger partial charge in [0.2, 0.25) is 0 Å². The first-order chi connectivity index (χ1) is 13.7. The van der Waals surface area contributed by atoms with E-state index in [2.05, 4.69) is 27.7 Å². The van der Waals surface area contributed by atoms with Gasteiger partial charge in [0.1, 0.15) is 0 Å². The minimum atomic E-state index is -2.37. The molecule has 0 aromatic rings. The van der Waals surface area contributed by atoms with Crippen molar-refractivity contribution in [3.8, 4) is 0 Å². The predicted octanol–water partition coefficient (Wildman–Crippen LogP) is 10.0. The Balaban J connectivity index is 4.39. The van der Waals surface area contributed by atoms with Gasteiger partial charge < -0.3 is 0 Å². The van der Waals surface area contributed by atoms with E-state index in [1.54, 1.807) is 0 Å². The molecule has 170 valence electrons. The molecule has 0 fully saturated rings. The van der Waals surface area contributed by atoms with Crippen molar-refractivity contribution >= 4 is 18.8 Å². The Kier molecular flexibility index (Phi) is 23.1. The van der Waals surface area contributed by atoms with Crippen molar-refractivity contribution in [1.82, 2.24) is 0 Å². The zero-order chi connectivity index (χ0) is 20.8. The van der Waals surface area contributed by atoms with Gasteiger partial charge in [0.05, 0.1) is 0 Å². The van der Waals surface area contributed by atoms with Crippen LogP contribution in [0.1, 0.15) is 143 Å². The topological polar surface area (TPSA) is 9.23 Å². The van der Waals surface area contributed by atoms with E-state index in [9.17, 15) is 0 Å². The van der Waals surface area contributed by atoms with Gasteiger partial charge >= 0.3 is 185 Å². The Bertz CT molecular complexity index is 251. The van der Waals surface area contributed by atoms with E-state index in [0.29, 0.717) is 0 Å². The van der Waals surface area contributed by atoms with Crippen LogP contribution in [0.2, 0.25) is 13.3 Å². The van der Waals surface area contributed by atoms with Gasteiger partial charge in [0, 0.05) is 0 Å². The second-order valence-electron chi connectivity index (χ2n) is 9.23. The standard InChI is InChI=1S/2C8H17.C7H15O.C3H7.Sn/c2*1-3-5-7-8-6-4-2;1-2-3-4-5-6-7-8;1-3-2;/h2*1,3-8H2,2H3;2-7H2,1H3;1,3H2,2H3;/q;;-1;;+1. The van der Waals surface area contributed by atoms with Crippen molar-refractivity contribution in [1.29, 1.82) is 0 Å². The van der Waals surface area contributed by atoms with Gasteiger partial charge in [-0.2, -0.15) is 0 Å². The first-order valence-electron chi connectivity index (χ1n) is 13.4. The Hall–Kier alpha value is 0.759. The fourth-order valence-corrected chi connectivity index (χ4v) is 17.2. The quantitative estimate of drug-likeness (QED) is 0.0996. The molecule has 0 aliphatic rings. The van der Waals surface area contributed by atoms with Crippen LogP contribution in [0, 0.1) is 0 Å². The minimum absolute atomic E-state index is 1.09. The van der Waals surface area contributed by atoms with Gasteiger partial charge in [-0.15, -0.1) is 0 Å². The molecule has 0 aliphatic heterocycles. The molecule has 0 saturated carbocycles. The van der Waals surface area contributed by atoms with Crippen LogP contribution in [0.3, 0.4) is 0 Å². The molecule has 0 N–H and O–H groups in total. The maximum absolute atomic E-state index is 6.92. The molecule has 0 saturated heterocycles. The van der Waals surface area contributed by atoms with Crippen LogP contribution >= 0.6 is 0 Å². The number of hydrogen-bond donors (Lipinski definition) is 0. The van der Waals surface area contributed by atoms with Crippen molar-refractivity contribution in [2.24, 2.45) is 0 Å². The summed E-state index contributed by atoms with van der Waals surface area (Å²) in [6.07, 6.45) is 25.4. The first-order valence-corrected chi connectivity index (χ1v) is 20.6. The van der Waals surface area contributed by atoms with E-state index in [4.69, 9.17) is 3.07 Å². The molecule has 0 aromatic heterocycles. The molecule has 28 heavy (non-hydrogen) atoms. The number of rotatable bonds is 23. The van der Waals surface area contributed by atoms with Crippen LogP contribution in [0.5, 0.6) is 0 Å². The Morgan fingerprint density at radius 3 is 1.21 bits per heavy atom. The average Bonchev–Trinajstić information content (AvgIpc) is 2.70. The van der Waals surface area contributed by atoms with Crippen LogP contribution in [0.25, 0.3) is 0 Å². The summed E-state index contributed by atoms with van der Waals surface area (Å²) >= 11 is -2.37. The molecule has 0 bridgehead atoms. The molecular formula is C26H56OSn. The molecule has 0 spiro atoms. The summed E-state index contributed by atoms with van der Waals surface area (Å²) < 4.78 is 11.4. The van der Waals surface area contributed by atoms with E-state index < -0.39 is 18.8 Å². The summed E-state index contributed by atoms with van der Waals surface area (Å²) in [4.78, 5) is 0. The second kappa shape index (κ2) is 22.4. The van der Waals surface area contributed by atoms with Gasteiger partial charge in [-0.05, 0) is 0 Å². The summed E-state index contributed by atoms with van der Waals surface area (Å²) in [5.41, 5.74) is 0. The maximum atomic E-state index is 6.92. The normalized spacial score (nSPS) is 12.0. The van der Waals surface area contributed by atoms with Crippen molar-refractivity contribution in [3.05, 3.63) is 0 Å². The molecule has 0 unspecified atom stereocenters. The van der Waals surface area contributed by atoms with E-state index in [1.807, 2.05) is 0 Å². The average molecular weight is 503 g/mol. The van der Waals surface area contributed by atoms with E-state index in [0.717, 1.165) is 6.61 Å². The Morgan fingerprint density at radius 2 is 0.786 bits per heavy atom. The summed E-state index contributed by atoms with van der Waals surface area (Å²) in [5, 5.41) is 0. The summed E-state index contributed by atoms with van der Waals surface area (Å²) in [5.74, 6) is 0. The monoisotopic (exact) mass is 504 g/mol. The van der Waals surface area contributed by atoms with Crippen LogP contribution in [-0.2, 0) is 3.07 Å². The molecule has 0 aromatic carbocycles. The fourth-order valence-electron chi connectivity index (χ4n) is 4.50. The van der Waals surface area contributed by atoms with E-state index in [-0.39, 0.29) is 0 Å².